The number of halogens is 3. The Bertz CT molecular complexity index is 1330. The van der Waals surface area contributed by atoms with E-state index in [1.54, 1.807) is 48.6 Å². The molecule has 0 amide bonds. The largest absolute Gasteiger partial charge is 0.478 e. The van der Waals surface area contributed by atoms with E-state index >= 15 is 4.39 Å². The Morgan fingerprint density at radius 3 is 2.03 bits per heavy atom. The number of rotatable bonds is 5. The van der Waals surface area contributed by atoms with Gasteiger partial charge < -0.3 is 10.0 Å². The molecule has 2 aromatic carbocycles. The van der Waals surface area contributed by atoms with Crippen LogP contribution in [0.1, 0.15) is 21.5 Å². The monoisotopic (exact) mass is 468 g/mol. The summed E-state index contributed by atoms with van der Waals surface area (Å²) in [5, 5.41) is 12.6. The number of carboxylic acids is 1. The first kappa shape index (κ1) is 24.3. The predicted molar refractivity (Wildman–Crippen MR) is 124 cm³/mol. The molecule has 0 unspecified atom stereocenters. The molecule has 0 aliphatic heterocycles. The van der Waals surface area contributed by atoms with Gasteiger partial charge in [-0.3, -0.25) is 0 Å². The lowest BCUT2D eigenvalue weighted by Gasteiger charge is -2.19. The standard InChI is InChI=1S/C24H20F3N5O2/c1-31(2)15-9-5-13(6-10-15)17(14-7-11-16(12-8-14)32(3)4)18-19(24(33)34)20(25)22(27)23(21(18)26)29-30-28/h5-12H,1-4H3/p+1. The van der Waals surface area contributed by atoms with Crippen molar-refractivity contribution in [3.63, 3.8) is 0 Å². The SMILES string of the molecule is CN(C)c1ccc(C(=C2C=CC(=[N+](C)C)C=C2)c2c(F)c(N=[N+]=[N-])c(F)c(F)c2C(=O)O)cc1. The van der Waals surface area contributed by atoms with E-state index in [1.807, 2.05) is 37.7 Å². The van der Waals surface area contributed by atoms with Gasteiger partial charge in [0.15, 0.2) is 17.3 Å². The fourth-order valence-corrected chi connectivity index (χ4v) is 3.52. The zero-order chi connectivity index (χ0) is 25.2. The van der Waals surface area contributed by atoms with Crippen LogP contribution in [0.25, 0.3) is 16.0 Å². The third kappa shape index (κ3) is 4.44. The summed E-state index contributed by atoms with van der Waals surface area (Å²) in [6.45, 7) is 0. The number of hydrogen-bond acceptors (Lipinski definition) is 3. The highest BCUT2D eigenvalue weighted by Crippen LogP contribution is 2.40. The van der Waals surface area contributed by atoms with Gasteiger partial charge in [0, 0.05) is 48.0 Å². The lowest BCUT2D eigenvalue weighted by Crippen LogP contribution is -2.14. The van der Waals surface area contributed by atoms with E-state index in [2.05, 4.69) is 10.0 Å². The Balaban J connectivity index is 2.48. The highest BCUT2D eigenvalue weighted by molar-refractivity contribution is 6.05. The van der Waals surface area contributed by atoms with Crippen LogP contribution in [0.2, 0.25) is 0 Å². The number of anilines is 1. The van der Waals surface area contributed by atoms with Gasteiger partial charge in [-0.1, -0.05) is 17.2 Å². The third-order valence-electron chi connectivity index (χ3n) is 5.25. The minimum atomic E-state index is -1.87. The Hall–Kier alpha value is -4.30. The fraction of sp³-hybridized carbons (Fsp3) is 0.167. The molecule has 0 saturated heterocycles. The lowest BCUT2D eigenvalue weighted by atomic mass is 9.87. The number of carboxylic acid groups (broad SMARTS) is 1. The predicted octanol–water partition coefficient (Wildman–Crippen LogP) is 5.45. The van der Waals surface area contributed by atoms with Crippen LogP contribution in [-0.4, -0.2) is 49.6 Å². The molecular formula is C24H21F3N5O2+. The zero-order valence-corrected chi connectivity index (χ0v) is 18.8. The summed E-state index contributed by atoms with van der Waals surface area (Å²) in [5.41, 5.74) is 7.89. The van der Waals surface area contributed by atoms with Crippen LogP contribution in [0.5, 0.6) is 0 Å². The van der Waals surface area contributed by atoms with E-state index < -0.39 is 40.2 Å². The summed E-state index contributed by atoms with van der Waals surface area (Å²) in [4.78, 5) is 16.2. The summed E-state index contributed by atoms with van der Waals surface area (Å²) >= 11 is 0. The maximum Gasteiger partial charge on any atom is 0.339 e. The van der Waals surface area contributed by atoms with Gasteiger partial charge in [-0.15, -0.1) is 0 Å². The Kier molecular flexibility index (Phi) is 6.93. The van der Waals surface area contributed by atoms with Crippen LogP contribution in [0.3, 0.4) is 0 Å². The molecule has 3 rings (SSSR count). The highest BCUT2D eigenvalue weighted by Gasteiger charge is 2.31. The van der Waals surface area contributed by atoms with Crippen molar-refractivity contribution >= 4 is 28.6 Å². The first-order valence-corrected chi connectivity index (χ1v) is 10.00. The normalized spacial score (nSPS) is 12.4. The maximum atomic E-state index is 15.6. The molecular weight excluding hydrogens is 447 g/mol. The number of carbonyl (C=O) groups is 1. The van der Waals surface area contributed by atoms with Gasteiger partial charge in [0.25, 0.3) is 0 Å². The van der Waals surface area contributed by atoms with Crippen molar-refractivity contribution in [2.75, 3.05) is 33.1 Å². The average molecular weight is 468 g/mol. The number of aromatic carboxylic acids is 1. The van der Waals surface area contributed by atoms with Gasteiger partial charge in [0.2, 0.25) is 0 Å². The Morgan fingerprint density at radius 2 is 1.56 bits per heavy atom. The van der Waals surface area contributed by atoms with Gasteiger partial charge in [-0.2, -0.15) is 0 Å². The fourth-order valence-electron chi connectivity index (χ4n) is 3.52. The van der Waals surface area contributed by atoms with Crippen LogP contribution >= 0.6 is 0 Å². The van der Waals surface area contributed by atoms with Crippen LogP contribution in [0, 0.1) is 17.5 Å². The van der Waals surface area contributed by atoms with Crippen molar-refractivity contribution in [3.05, 3.63) is 98.7 Å². The first-order valence-electron chi connectivity index (χ1n) is 10.00. The molecule has 1 aliphatic carbocycles. The molecule has 10 heteroatoms. The number of nitrogens with zero attached hydrogens (tertiary/aromatic N) is 5. The van der Waals surface area contributed by atoms with E-state index in [-0.39, 0.29) is 5.57 Å². The van der Waals surface area contributed by atoms with E-state index in [4.69, 9.17) is 5.53 Å². The number of azide groups is 1. The Labute approximate surface area is 193 Å². The number of benzene rings is 2. The summed E-state index contributed by atoms with van der Waals surface area (Å²) in [6.07, 6.45) is 6.67. The van der Waals surface area contributed by atoms with E-state index in [1.165, 1.54) is 0 Å². The summed E-state index contributed by atoms with van der Waals surface area (Å²) in [5.74, 6) is -7.04. The molecule has 1 N–H and O–H groups in total. The van der Waals surface area contributed by atoms with Crippen molar-refractivity contribution in [1.82, 2.24) is 0 Å². The summed E-state index contributed by atoms with van der Waals surface area (Å²) in [6, 6.07) is 6.67. The summed E-state index contributed by atoms with van der Waals surface area (Å²) < 4.78 is 46.7. The molecule has 0 heterocycles. The third-order valence-corrected chi connectivity index (χ3v) is 5.25. The second-order valence-corrected chi connectivity index (χ2v) is 7.79. The van der Waals surface area contributed by atoms with Gasteiger partial charge in [0.1, 0.15) is 31.2 Å². The first-order chi connectivity index (χ1) is 16.1. The van der Waals surface area contributed by atoms with Crippen molar-refractivity contribution in [1.29, 1.82) is 0 Å². The smallest absolute Gasteiger partial charge is 0.339 e. The van der Waals surface area contributed by atoms with E-state index in [0.29, 0.717) is 11.1 Å². The zero-order valence-electron chi connectivity index (χ0n) is 18.8. The van der Waals surface area contributed by atoms with Gasteiger partial charge in [-0.25, -0.2) is 22.5 Å². The van der Waals surface area contributed by atoms with Crippen molar-refractivity contribution < 1.29 is 27.6 Å². The molecule has 0 spiro atoms. The minimum absolute atomic E-state index is 0.00111. The highest BCUT2D eigenvalue weighted by atomic mass is 19.2. The van der Waals surface area contributed by atoms with Crippen LogP contribution in [0.15, 0.2) is 59.3 Å². The van der Waals surface area contributed by atoms with E-state index in [9.17, 15) is 18.7 Å². The Morgan fingerprint density at radius 1 is 0.971 bits per heavy atom. The quantitative estimate of drug-likeness (QED) is 0.208. The molecule has 0 radical (unpaired) electrons. The van der Waals surface area contributed by atoms with Gasteiger partial charge in [-0.05, 0) is 41.0 Å². The number of allylic oxidation sites excluding steroid dienone is 5. The second kappa shape index (κ2) is 9.68. The molecule has 7 nitrogen and oxygen atoms in total. The maximum absolute atomic E-state index is 15.6. The van der Waals surface area contributed by atoms with Gasteiger partial charge in [0.05, 0.1) is 0 Å². The molecule has 0 bridgehead atoms. The number of hydrogen-bond donors (Lipinski definition) is 1. The van der Waals surface area contributed by atoms with Crippen molar-refractivity contribution in [3.8, 4) is 0 Å². The molecule has 1 aliphatic rings. The van der Waals surface area contributed by atoms with Crippen LogP contribution in [-0.2, 0) is 0 Å². The summed E-state index contributed by atoms with van der Waals surface area (Å²) in [7, 11) is 7.29. The van der Waals surface area contributed by atoms with Gasteiger partial charge >= 0.3 is 5.97 Å². The molecule has 174 valence electrons. The van der Waals surface area contributed by atoms with Crippen LogP contribution in [0.4, 0.5) is 24.5 Å². The van der Waals surface area contributed by atoms with E-state index in [0.717, 1.165) is 11.4 Å². The van der Waals surface area contributed by atoms with Crippen molar-refractivity contribution in [2.24, 2.45) is 5.11 Å². The lowest BCUT2D eigenvalue weighted by molar-refractivity contribution is -0.462. The second-order valence-electron chi connectivity index (χ2n) is 7.79. The molecule has 0 fully saturated rings. The molecule has 0 aromatic heterocycles. The molecule has 0 saturated carbocycles. The minimum Gasteiger partial charge on any atom is -0.478 e. The topological polar surface area (TPSA) is 92.3 Å². The molecule has 2 aromatic rings. The molecule has 34 heavy (non-hydrogen) atoms. The molecule has 0 atom stereocenters. The van der Waals surface area contributed by atoms with Crippen molar-refractivity contribution in [2.45, 2.75) is 0 Å². The van der Waals surface area contributed by atoms with Crippen LogP contribution < -0.4 is 4.90 Å². The average Bonchev–Trinajstić information content (AvgIpc) is 2.80.